The van der Waals surface area contributed by atoms with Gasteiger partial charge in [-0.05, 0) is 19.1 Å². The number of rotatable bonds is 1. The molecule has 6 N–H and O–H groups in total. The van der Waals surface area contributed by atoms with Crippen LogP contribution in [0.1, 0.15) is 18.7 Å². The second-order valence-corrected chi connectivity index (χ2v) is 2.15. The molecule has 14 heavy (non-hydrogen) atoms. The molecule has 0 radical (unpaired) electrons. The molecule has 0 fully saturated rings. The number of aromatic carboxylic acids is 1. The topological polar surface area (TPSA) is 117 Å². The van der Waals surface area contributed by atoms with Gasteiger partial charge in [-0.3, -0.25) is 0 Å². The summed E-state index contributed by atoms with van der Waals surface area (Å²) >= 11 is 0. The van der Waals surface area contributed by atoms with E-state index in [0.29, 0.717) is 0 Å². The predicted molar refractivity (Wildman–Crippen MR) is 53.7 cm³/mol. The quantitative estimate of drug-likeness (QED) is 0.632. The second kappa shape index (κ2) is 8.03. The van der Waals surface area contributed by atoms with Crippen molar-refractivity contribution in [3.63, 3.8) is 0 Å². The first-order chi connectivity index (χ1) is 6.11. The summed E-state index contributed by atoms with van der Waals surface area (Å²) in [5.41, 5.74) is 0.139. The highest BCUT2D eigenvalue weighted by Crippen LogP contribution is 2.05. The van der Waals surface area contributed by atoms with E-state index in [1.807, 2.05) is 0 Å². The Kier molecular flexibility index (Phi) is 8.55. The van der Waals surface area contributed by atoms with Crippen molar-refractivity contribution in [3.8, 4) is 5.75 Å². The lowest BCUT2D eigenvalue weighted by molar-refractivity contribution is -0.268. The number of aliphatic hydroxyl groups is 1. The summed E-state index contributed by atoms with van der Waals surface area (Å²) in [6.07, 6.45) is 0. The highest BCUT2D eigenvalue weighted by Gasteiger charge is 1.97. The van der Waals surface area contributed by atoms with Gasteiger partial charge < -0.3 is 21.5 Å². The fourth-order valence-corrected chi connectivity index (χ4v) is 0.598. The normalized spacial score (nSPS) is 7.86. The summed E-state index contributed by atoms with van der Waals surface area (Å²) in [6, 6.07) is 5.02. The Balaban J connectivity index is -0.000000260. The lowest BCUT2D eigenvalue weighted by Crippen LogP contribution is -1.96. The smallest absolute Gasteiger partial charge is 0.335 e. The maximum atomic E-state index is 10.5. The van der Waals surface area contributed by atoms with Gasteiger partial charge in [0.1, 0.15) is 0 Å². The summed E-state index contributed by atoms with van der Waals surface area (Å²) in [5, 5.41) is 26.4. The van der Waals surface area contributed by atoms with Crippen LogP contribution >= 0.6 is 0 Å². The zero-order valence-electron chi connectivity index (χ0n) is 8.23. The van der Waals surface area contributed by atoms with E-state index in [2.05, 4.69) is 0 Å². The molecule has 5 heteroatoms. The van der Waals surface area contributed by atoms with Crippen LogP contribution in [0.15, 0.2) is 24.3 Å². The van der Waals surface area contributed by atoms with Crippen LogP contribution in [0.3, 0.4) is 0 Å². The molecule has 0 saturated heterocycles. The molecule has 0 heterocycles. The van der Waals surface area contributed by atoms with Crippen LogP contribution < -0.4 is 11.3 Å². The molecule has 82 valence electrons. The Labute approximate surface area is 83.7 Å². The predicted octanol–water partition coefficient (Wildman–Crippen LogP) is 1.08. The van der Waals surface area contributed by atoms with Crippen molar-refractivity contribution in [2.24, 2.45) is 0 Å². The number of hydrogen-bond acceptors (Lipinski definition) is 3. The Morgan fingerprint density at radius 2 is 1.79 bits per heavy atom. The fourth-order valence-electron chi connectivity index (χ4n) is 0.598. The second-order valence-electron chi connectivity index (χ2n) is 2.15. The summed E-state index contributed by atoms with van der Waals surface area (Å²) in [5.74, 6) is -1.19. The van der Waals surface area contributed by atoms with Crippen LogP contribution in [0.4, 0.5) is 0 Å². The third kappa shape index (κ3) is 5.99. The number of hydrogen-bond donors (Lipinski definition) is 3. The van der Waals surface area contributed by atoms with Crippen LogP contribution in [-0.2, 0) is 0 Å². The van der Waals surface area contributed by atoms with Crippen LogP contribution in [-0.4, -0.2) is 22.8 Å². The molecule has 0 aliphatic rings. The van der Waals surface area contributed by atoms with E-state index < -0.39 is 5.97 Å². The van der Waals surface area contributed by atoms with Crippen molar-refractivity contribution >= 4 is 5.97 Å². The molecule has 0 saturated carbocycles. The Hall–Kier alpha value is -1.59. The zero-order valence-corrected chi connectivity index (χ0v) is 8.23. The van der Waals surface area contributed by atoms with Crippen molar-refractivity contribution < 1.29 is 21.5 Å². The summed E-state index contributed by atoms with van der Waals surface area (Å²) in [4.78, 5) is 10.2. The summed E-state index contributed by atoms with van der Waals surface area (Å²) < 4.78 is 0. The first kappa shape index (κ1) is 14.9. The van der Waals surface area contributed by atoms with E-state index in [1.165, 1.54) is 24.3 Å². The molecule has 1 rings (SSSR count). The van der Waals surface area contributed by atoms with Gasteiger partial charge in [0.2, 0.25) is 0 Å². The van der Waals surface area contributed by atoms with Crippen LogP contribution in [0, 0.1) is 0 Å². The molecular formula is C9H17NO4. The van der Waals surface area contributed by atoms with Gasteiger partial charge in [0.15, 0.2) is 0 Å². The van der Waals surface area contributed by atoms with Crippen LogP contribution in [0.2, 0.25) is 0 Å². The Bertz CT molecular complexity index is 263. The number of benzene rings is 1. The maximum absolute atomic E-state index is 10.5. The lowest BCUT2D eigenvalue weighted by Gasteiger charge is -2.02. The molecular weight excluding hydrogens is 186 g/mol. The van der Waals surface area contributed by atoms with E-state index in [9.17, 15) is 9.90 Å². The first-order valence-corrected chi connectivity index (χ1v) is 3.73. The molecule has 0 amide bonds. The monoisotopic (exact) mass is 203 g/mol. The molecule has 0 aliphatic heterocycles. The van der Waals surface area contributed by atoms with E-state index in [0.717, 1.165) is 0 Å². The lowest BCUT2D eigenvalue weighted by atomic mass is 10.2. The standard InChI is InChI=1S/C7H6O3.C2H6O.H3N.H2/c8-6-3-1-5(2-4-6)7(9)10;1-2-3;;/h1-4,8H,(H,9,10);3H,2H2,1H3;1H3;1H. The number of carboxylic acids is 1. The Morgan fingerprint density at radius 3 is 2.07 bits per heavy atom. The molecule has 0 spiro atoms. The van der Waals surface area contributed by atoms with E-state index in [-0.39, 0.29) is 25.5 Å². The average molecular weight is 203 g/mol. The van der Waals surface area contributed by atoms with Gasteiger partial charge in [-0.25, -0.2) is 4.79 Å². The molecule has 0 atom stereocenters. The summed E-state index contributed by atoms with van der Waals surface area (Å²) in [7, 11) is 0. The summed E-state index contributed by atoms with van der Waals surface area (Å²) in [6.45, 7) is 1.93. The van der Waals surface area contributed by atoms with E-state index >= 15 is 0 Å². The molecule has 0 aliphatic carbocycles. The molecule has 1 aromatic rings. The number of carbonyl (C=O) groups is 1. The van der Waals surface area contributed by atoms with E-state index in [4.69, 9.17) is 10.2 Å². The SMILES string of the molecule is CCO.O=C(O)c1ccc([O-])cc1.[HH].[NH4+]. The van der Waals surface area contributed by atoms with Crippen molar-refractivity contribution in [3.05, 3.63) is 29.8 Å². The molecule has 0 aromatic heterocycles. The third-order valence-electron chi connectivity index (χ3n) is 1.10. The van der Waals surface area contributed by atoms with E-state index in [1.54, 1.807) is 6.92 Å². The zero-order chi connectivity index (χ0) is 10.3. The molecule has 0 bridgehead atoms. The maximum Gasteiger partial charge on any atom is 0.335 e. The largest absolute Gasteiger partial charge is 0.872 e. The van der Waals surface area contributed by atoms with Gasteiger partial charge in [-0.1, -0.05) is 12.1 Å². The van der Waals surface area contributed by atoms with Gasteiger partial charge in [0.25, 0.3) is 0 Å². The molecule has 1 aromatic carbocycles. The number of quaternary nitrogens is 1. The van der Waals surface area contributed by atoms with Crippen molar-refractivity contribution in [1.82, 2.24) is 6.15 Å². The van der Waals surface area contributed by atoms with Crippen LogP contribution in [0.5, 0.6) is 5.75 Å². The third-order valence-corrected chi connectivity index (χ3v) is 1.10. The highest BCUT2D eigenvalue weighted by atomic mass is 16.4. The first-order valence-electron chi connectivity index (χ1n) is 3.73. The minimum Gasteiger partial charge on any atom is -0.872 e. The average Bonchev–Trinajstić information content (AvgIpc) is 2.06. The number of carboxylic acid groups (broad SMARTS) is 1. The van der Waals surface area contributed by atoms with Gasteiger partial charge in [-0.15, -0.1) is 5.75 Å². The van der Waals surface area contributed by atoms with Crippen molar-refractivity contribution in [2.75, 3.05) is 6.61 Å². The fraction of sp³-hybridized carbons (Fsp3) is 0.222. The van der Waals surface area contributed by atoms with Gasteiger partial charge in [-0.2, -0.15) is 0 Å². The minimum absolute atomic E-state index is 0. The molecule has 5 nitrogen and oxygen atoms in total. The van der Waals surface area contributed by atoms with Crippen molar-refractivity contribution in [1.29, 1.82) is 0 Å². The van der Waals surface area contributed by atoms with Gasteiger partial charge in [0, 0.05) is 8.03 Å². The Morgan fingerprint density at radius 1 is 1.43 bits per heavy atom. The number of aliphatic hydroxyl groups excluding tert-OH is 1. The minimum atomic E-state index is -1.01. The van der Waals surface area contributed by atoms with Gasteiger partial charge in [0.05, 0.1) is 5.56 Å². The molecule has 0 unspecified atom stereocenters. The van der Waals surface area contributed by atoms with Crippen LogP contribution in [0.25, 0.3) is 0 Å². The highest BCUT2D eigenvalue weighted by molar-refractivity contribution is 5.87. The van der Waals surface area contributed by atoms with Crippen molar-refractivity contribution in [2.45, 2.75) is 6.92 Å². The van der Waals surface area contributed by atoms with Gasteiger partial charge >= 0.3 is 5.97 Å².